The van der Waals surface area contributed by atoms with Gasteiger partial charge in [0.1, 0.15) is 0 Å². The van der Waals surface area contributed by atoms with Crippen molar-refractivity contribution in [1.82, 2.24) is 14.7 Å². The van der Waals surface area contributed by atoms with Crippen LogP contribution in [0.2, 0.25) is 0 Å². The molecule has 2 fully saturated rings. The molecule has 2 N–H and O–H groups in total. The van der Waals surface area contributed by atoms with Crippen LogP contribution in [0.15, 0.2) is 30.3 Å². The minimum absolute atomic E-state index is 0.0976. The fourth-order valence-corrected chi connectivity index (χ4v) is 4.23. The van der Waals surface area contributed by atoms with Crippen molar-refractivity contribution in [3.05, 3.63) is 35.9 Å². The third-order valence-electron chi connectivity index (χ3n) is 5.81. The zero-order valence-electron chi connectivity index (χ0n) is 16.2. The van der Waals surface area contributed by atoms with Crippen LogP contribution in [-0.4, -0.2) is 95.4 Å². The molecule has 150 valence electrons. The third kappa shape index (κ3) is 5.51. The van der Waals surface area contributed by atoms with E-state index >= 15 is 0 Å². The Balaban J connectivity index is 1.48. The molecule has 0 saturated carbocycles. The van der Waals surface area contributed by atoms with Gasteiger partial charge in [-0.05, 0) is 31.2 Å². The number of benzene rings is 1. The fraction of sp³-hybridized carbons (Fsp3) is 0.667. The lowest BCUT2D eigenvalue weighted by Crippen LogP contribution is -2.60. The number of carbonyl (C=O) groups is 1. The molecule has 1 atom stereocenters. The smallest absolute Gasteiger partial charge is 0.255 e. The fourth-order valence-electron chi connectivity index (χ4n) is 4.23. The number of nitrogens with zero attached hydrogens (tertiary/aromatic N) is 3. The Morgan fingerprint density at radius 2 is 1.67 bits per heavy atom. The molecule has 0 bridgehead atoms. The maximum absolute atomic E-state index is 12.9. The van der Waals surface area contributed by atoms with Gasteiger partial charge in [0.15, 0.2) is 5.60 Å². The summed E-state index contributed by atoms with van der Waals surface area (Å²) < 4.78 is 0. The van der Waals surface area contributed by atoms with Crippen molar-refractivity contribution in [2.75, 3.05) is 59.0 Å². The van der Waals surface area contributed by atoms with Gasteiger partial charge in [-0.25, -0.2) is 0 Å². The average molecular weight is 376 g/mol. The zero-order chi connectivity index (χ0) is 19.1. The van der Waals surface area contributed by atoms with Crippen molar-refractivity contribution in [1.29, 1.82) is 0 Å². The molecule has 27 heavy (non-hydrogen) atoms. The number of piperidine rings is 1. The summed E-state index contributed by atoms with van der Waals surface area (Å²) in [5, 5.41) is 20.1. The van der Waals surface area contributed by atoms with Crippen LogP contribution in [-0.2, 0) is 11.2 Å². The maximum atomic E-state index is 12.9. The molecule has 2 aliphatic heterocycles. The molecule has 0 aromatic heterocycles. The molecule has 0 unspecified atom stereocenters. The largest absolute Gasteiger partial charge is 0.395 e. The Bertz CT molecular complexity index is 590. The molecule has 2 saturated heterocycles. The van der Waals surface area contributed by atoms with E-state index in [0.717, 1.165) is 52.0 Å². The van der Waals surface area contributed by atoms with E-state index in [2.05, 4.69) is 21.9 Å². The molecular formula is C21H33N3O3. The third-order valence-corrected chi connectivity index (χ3v) is 5.81. The van der Waals surface area contributed by atoms with Crippen LogP contribution in [0, 0.1) is 0 Å². The normalized spacial score (nSPS) is 25.1. The number of β-amino-alcohol motifs (C(OH)–C–C–N with tert-alkyl or cyclic N) is 2. The van der Waals surface area contributed by atoms with Gasteiger partial charge in [0.05, 0.1) is 6.61 Å². The number of carbonyl (C=O) groups excluding carboxylic acids is 1. The highest BCUT2D eigenvalue weighted by Crippen LogP contribution is 2.25. The van der Waals surface area contributed by atoms with Crippen LogP contribution in [0.3, 0.4) is 0 Å². The van der Waals surface area contributed by atoms with Gasteiger partial charge in [-0.2, -0.15) is 0 Å². The van der Waals surface area contributed by atoms with Crippen molar-refractivity contribution in [3.8, 4) is 0 Å². The number of aryl methyl sites for hydroxylation is 1. The topological polar surface area (TPSA) is 67.3 Å². The molecule has 1 aromatic carbocycles. The van der Waals surface area contributed by atoms with Gasteiger partial charge in [0.2, 0.25) is 0 Å². The maximum Gasteiger partial charge on any atom is 0.255 e. The molecule has 0 aliphatic carbocycles. The van der Waals surface area contributed by atoms with E-state index in [9.17, 15) is 9.90 Å². The SMILES string of the molecule is O=C1N(CCCc2ccccc2)CCC[C@@]1(O)CN1CCN(CCO)CC1. The summed E-state index contributed by atoms with van der Waals surface area (Å²) in [6.45, 7) is 6.20. The van der Waals surface area contributed by atoms with Gasteiger partial charge < -0.3 is 15.1 Å². The van der Waals surface area contributed by atoms with Crippen LogP contribution in [0.1, 0.15) is 24.8 Å². The van der Waals surface area contributed by atoms with Crippen LogP contribution >= 0.6 is 0 Å². The molecule has 6 nitrogen and oxygen atoms in total. The van der Waals surface area contributed by atoms with E-state index in [0.29, 0.717) is 26.1 Å². The Morgan fingerprint density at radius 3 is 2.37 bits per heavy atom. The highest BCUT2D eigenvalue weighted by atomic mass is 16.3. The van der Waals surface area contributed by atoms with Crippen molar-refractivity contribution < 1.29 is 15.0 Å². The van der Waals surface area contributed by atoms with E-state index in [1.165, 1.54) is 5.56 Å². The molecule has 1 amide bonds. The van der Waals surface area contributed by atoms with Crippen molar-refractivity contribution in [2.45, 2.75) is 31.3 Å². The summed E-state index contributed by atoms with van der Waals surface area (Å²) in [6.07, 6.45) is 3.29. The molecule has 2 aliphatic rings. The van der Waals surface area contributed by atoms with Crippen LogP contribution in [0.25, 0.3) is 0 Å². The first-order valence-corrected chi connectivity index (χ1v) is 10.2. The highest BCUT2D eigenvalue weighted by Gasteiger charge is 2.43. The lowest BCUT2D eigenvalue weighted by molar-refractivity contribution is -0.160. The van der Waals surface area contributed by atoms with Gasteiger partial charge in [-0.3, -0.25) is 14.6 Å². The van der Waals surface area contributed by atoms with Gasteiger partial charge in [0, 0.05) is 52.4 Å². The second-order valence-electron chi connectivity index (χ2n) is 7.86. The first kappa shape index (κ1) is 20.3. The zero-order valence-corrected chi connectivity index (χ0v) is 16.2. The number of amides is 1. The number of hydrogen-bond donors (Lipinski definition) is 2. The average Bonchev–Trinajstić information content (AvgIpc) is 2.68. The van der Waals surface area contributed by atoms with E-state index in [-0.39, 0.29) is 12.5 Å². The van der Waals surface area contributed by atoms with Crippen molar-refractivity contribution in [2.24, 2.45) is 0 Å². The summed E-state index contributed by atoms with van der Waals surface area (Å²) in [6, 6.07) is 10.3. The van der Waals surface area contributed by atoms with Gasteiger partial charge >= 0.3 is 0 Å². The Morgan fingerprint density at radius 1 is 0.963 bits per heavy atom. The van der Waals surface area contributed by atoms with Crippen LogP contribution in [0.4, 0.5) is 0 Å². The summed E-state index contributed by atoms with van der Waals surface area (Å²) in [4.78, 5) is 19.2. The molecular weight excluding hydrogens is 342 g/mol. The quantitative estimate of drug-likeness (QED) is 0.696. The van der Waals surface area contributed by atoms with E-state index in [1.54, 1.807) is 0 Å². The van der Waals surface area contributed by atoms with Crippen LogP contribution < -0.4 is 0 Å². The standard InChI is InChI=1S/C21H33N3O3/c25-17-16-22-12-14-23(15-13-22)18-21(27)9-5-11-24(20(21)26)10-4-8-19-6-2-1-3-7-19/h1-3,6-7,25,27H,4-5,8-18H2/t21-/m1/s1. The summed E-state index contributed by atoms with van der Waals surface area (Å²) >= 11 is 0. The second-order valence-corrected chi connectivity index (χ2v) is 7.86. The van der Waals surface area contributed by atoms with E-state index in [1.807, 2.05) is 23.1 Å². The van der Waals surface area contributed by atoms with Crippen molar-refractivity contribution >= 4 is 5.91 Å². The molecule has 2 heterocycles. The lowest BCUT2D eigenvalue weighted by Gasteiger charge is -2.43. The monoisotopic (exact) mass is 375 g/mol. The minimum Gasteiger partial charge on any atom is -0.395 e. The van der Waals surface area contributed by atoms with E-state index < -0.39 is 5.60 Å². The minimum atomic E-state index is -1.25. The number of piperazine rings is 1. The van der Waals surface area contributed by atoms with Crippen molar-refractivity contribution in [3.63, 3.8) is 0 Å². The Kier molecular flexibility index (Phi) is 7.24. The summed E-state index contributed by atoms with van der Waals surface area (Å²) in [5.41, 5.74) is 0.0439. The van der Waals surface area contributed by atoms with Gasteiger partial charge in [-0.15, -0.1) is 0 Å². The van der Waals surface area contributed by atoms with Crippen LogP contribution in [0.5, 0.6) is 0 Å². The van der Waals surface area contributed by atoms with E-state index in [4.69, 9.17) is 5.11 Å². The summed E-state index contributed by atoms with van der Waals surface area (Å²) in [7, 11) is 0. The first-order chi connectivity index (χ1) is 13.1. The van der Waals surface area contributed by atoms with Gasteiger partial charge in [-0.1, -0.05) is 30.3 Å². The number of hydrogen-bond acceptors (Lipinski definition) is 5. The first-order valence-electron chi connectivity index (χ1n) is 10.2. The lowest BCUT2D eigenvalue weighted by atomic mass is 9.90. The molecule has 1 aromatic rings. The predicted molar refractivity (Wildman–Crippen MR) is 105 cm³/mol. The predicted octanol–water partition coefficient (Wildman–Crippen LogP) is 0.583. The Labute approximate surface area is 162 Å². The number of likely N-dealkylation sites (tertiary alicyclic amines) is 1. The molecule has 0 spiro atoms. The van der Waals surface area contributed by atoms with Gasteiger partial charge in [0.25, 0.3) is 5.91 Å². The molecule has 6 heteroatoms. The molecule has 0 radical (unpaired) electrons. The highest BCUT2D eigenvalue weighted by molar-refractivity contribution is 5.86. The number of rotatable bonds is 8. The number of aliphatic hydroxyl groups is 2. The molecule has 3 rings (SSSR count). The number of aliphatic hydroxyl groups excluding tert-OH is 1. The Hall–Kier alpha value is -1.47. The second kappa shape index (κ2) is 9.64. The summed E-state index contributed by atoms with van der Waals surface area (Å²) in [5.74, 6) is -0.0976.